The van der Waals surface area contributed by atoms with Gasteiger partial charge in [-0.3, -0.25) is 4.48 Å². The van der Waals surface area contributed by atoms with Crippen molar-refractivity contribution in [1.29, 1.82) is 0 Å². The van der Waals surface area contributed by atoms with Crippen molar-refractivity contribution in [1.82, 2.24) is 19.4 Å². The van der Waals surface area contributed by atoms with E-state index in [-0.39, 0.29) is 106 Å². The molecule has 0 saturated carbocycles. The number of aromatic nitrogens is 3. The Morgan fingerprint density at radius 2 is 1.26 bits per heavy atom. The quantitative estimate of drug-likeness (QED) is 0.0335. The standard InChI is InChI=1S/C28H26FN9O10S3.3Na/c1-38(2,3)17-7-4-15(5-8-17)31-27-33-26(29)34-28(35-27)32-16-6-9-21(50(43,44)45)19(12-16)36-37-25-23-14(11-22(24(25)30)51(46,47)48)10-18(13-20(23)39)49(40,41)42;;;/h4-13H,1-3H3,(H7-,30,31,32,33,34,35,36,37,39,40,41,42,43,44,45,46,47,48);;;/q;3*+1/p-2. The van der Waals surface area contributed by atoms with E-state index < -0.39 is 84.7 Å². The van der Waals surface area contributed by atoms with Crippen LogP contribution in [0.5, 0.6) is 5.75 Å². The number of hydrogen-bond acceptors (Lipinski definition) is 18. The first-order valence-electron chi connectivity index (χ1n) is 13.9. The first kappa shape index (κ1) is 47.7. The third kappa shape index (κ3) is 11.3. The minimum atomic E-state index is -5.40. The minimum absolute atomic E-state index is 0. The van der Waals surface area contributed by atoms with Crippen LogP contribution in [0, 0.1) is 6.08 Å². The Hall–Kier alpha value is -2.43. The van der Waals surface area contributed by atoms with Gasteiger partial charge in [-0.05, 0) is 53.9 Å². The Bertz CT molecular complexity index is 2600. The normalized spacial score (nSPS) is 12.1. The molecule has 0 bridgehead atoms. The van der Waals surface area contributed by atoms with Crippen LogP contribution < -0.4 is 110 Å². The van der Waals surface area contributed by atoms with Gasteiger partial charge in [0.25, 0.3) is 0 Å². The van der Waals surface area contributed by atoms with E-state index in [1.807, 2.05) is 33.3 Å². The summed E-state index contributed by atoms with van der Waals surface area (Å²) in [6.07, 6.45) is -1.21. The average Bonchev–Trinajstić information content (AvgIpc) is 2.98. The SMILES string of the molecule is C[N+](C)(C)c1ccc(Nc2nc(F)nc(Nc3ccc(S(=O)(=O)[O-])c(N=Nc4c(N)c(S(=O)(=O)[O-])cc5cc(S(=O)(=O)[O-])cc(O)c45)c3)n2)cc1.[Na+].[Na+].[Na+]. The second kappa shape index (κ2) is 17.8. The molecular formula is C28H24FN9Na3O10S3+. The molecule has 26 heteroatoms. The first-order chi connectivity index (χ1) is 23.5. The van der Waals surface area contributed by atoms with Crippen LogP contribution in [0.3, 0.4) is 0 Å². The molecule has 54 heavy (non-hydrogen) atoms. The van der Waals surface area contributed by atoms with Gasteiger partial charge in [-0.2, -0.15) is 19.3 Å². The summed E-state index contributed by atoms with van der Waals surface area (Å²) in [4.78, 5) is 8.13. The van der Waals surface area contributed by atoms with Gasteiger partial charge in [-0.15, -0.1) is 10.2 Å². The monoisotopic (exact) mass is 830 g/mol. The number of halogens is 1. The van der Waals surface area contributed by atoms with Crippen LogP contribution in [0.15, 0.2) is 85.6 Å². The third-order valence-electron chi connectivity index (χ3n) is 6.97. The second-order valence-corrected chi connectivity index (χ2v) is 15.6. The number of nitrogens with two attached hydrogens (primary N) is 1. The number of benzene rings is 4. The minimum Gasteiger partial charge on any atom is -0.744 e. The zero-order valence-electron chi connectivity index (χ0n) is 29.3. The van der Waals surface area contributed by atoms with E-state index in [0.29, 0.717) is 28.4 Å². The van der Waals surface area contributed by atoms with Crippen molar-refractivity contribution in [3.63, 3.8) is 0 Å². The van der Waals surface area contributed by atoms with Gasteiger partial charge in [0.05, 0.1) is 46.9 Å². The molecule has 0 radical (unpaired) electrons. The van der Waals surface area contributed by atoms with Crippen LogP contribution in [0.4, 0.5) is 50.4 Å². The Labute approximate surface area is 374 Å². The number of rotatable bonds is 10. The van der Waals surface area contributed by atoms with Gasteiger partial charge in [-0.25, -0.2) is 25.3 Å². The fraction of sp³-hybridized carbons (Fsp3) is 0.107. The first-order valence-corrected chi connectivity index (χ1v) is 18.1. The summed E-state index contributed by atoms with van der Waals surface area (Å²) in [7, 11) is -9.96. The maximum Gasteiger partial charge on any atom is 1.00 e. The molecule has 0 aliphatic carbocycles. The number of aromatic hydroxyl groups is 1. The zero-order valence-corrected chi connectivity index (χ0v) is 37.7. The summed E-state index contributed by atoms with van der Waals surface area (Å²) in [5.74, 6) is -1.56. The molecule has 268 valence electrons. The van der Waals surface area contributed by atoms with Crippen molar-refractivity contribution in [2.24, 2.45) is 10.2 Å². The van der Waals surface area contributed by atoms with Crippen molar-refractivity contribution >= 4 is 87.1 Å². The number of fused-ring (bicyclic) bond motifs is 1. The fourth-order valence-corrected chi connectivity index (χ4v) is 6.37. The van der Waals surface area contributed by atoms with E-state index in [1.54, 1.807) is 12.1 Å². The molecule has 0 aliphatic rings. The van der Waals surface area contributed by atoms with Gasteiger partial charge >= 0.3 is 94.8 Å². The van der Waals surface area contributed by atoms with Crippen molar-refractivity contribution < 1.29 is 137 Å². The molecule has 0 aliphatic heterocycles. The molecule has 19 nitrogen and oxygen atoms in total. The summed E-state index contributed by atoms with van der Waals surface area (Å²) >= 11 is 0. The topological polar surface area (TPSA) is 305 Å². The van der Waals surface area contributed by atoms with E-state index >= 15 is 0 Å². The maximum absolute atomic E-state index is 14.4. The van der Waals surface area contributed by atoms with Crippen LogP contribution in [0.2, 0.25) is 0 Å². The van der Waals surface area contributed by atoms with Gasteiger partial charge in [0.2, 0.25) is 11.9 Å². The van der Waals surface area contributed by atoms with Gasteiger partial charge < -0.3 is 35.1 Å². The summed E-state index contributed by atoms with van der Waals surface area (Å²) in [6.45, 7) is 0. The predicted octanol–water partition coefficient (Wildman–Crippen LogP) is -5.72. The van der Waals surface area contributed by atoms with Crippen LogP contribution >= 0.6 is 0 Å². The molecule has 4 aromatic carbocycles. The largest absolute Gasteiger partial charge is 1.00 e. The number of hydrogen-bond donors (Lipinski definition) is 4. The zero-order chi connectivity index (χ0) is 37.7. The molecule has 1 heterocycles. The third-order valence-corrected chi connectivity index (χ3v) is 9.55. The number of phenolic OH excluding ortho intramolecular Hbond substituents is 1. The molecule has 1 aromatic heterocycles. The molecule has 0 spiro atoms. The van der Waals surface area contributed by atoms with Gasteiger partial charge in [0.1, 0.15) is 53.2 Å². The Kier molecular flexibility index (Phi) is 15.7. The summed E-state index contributed by atoms with van der Waals surface area (Å²) in [5.41, 5.74) is 4.90. The van der Waals surface area contributed by atoms with E-state index in [2.05, 4.69) is 35.8 Å². The summed E-state index contributed by atoms with van der Waals surface area (Å²) in [6, 6.07) is 11.7. The molecule has 5 rings (SSSR count). The predicted molar refractivity (Wildman–Crippen MR) is 177 cm³/mol. The van der Waals surface area contributed by atoms with Crippen LogP contribution in [-0.2, 0) is 30.4 Å². The number of phenols is 1. The van der Waals surface area contributed by atoms with Crippen LogP contribution in [0.1, 0.15) is 0 Å². The maximum atomic E-state index is 14.4. The molecule has 0 amide bonds. The summed E-state index contributed by atoms with van der Waals surface area (Å²) < 4.78 is 122. The Morgan fingerprint density at radius 3 is 1.78 bits per heavy atom. The van der Waals surface area contributed by atoms with E-state index in [4.69, 9.17) is 5.73 Å². The van der Waals surface area contributed by atoms with Crippen molar-refractivity contribution in [2.45, 2.75) is 14.7 Å². The number of quaternary nitrogens is 1. The molecular weight excluding hydrogens is 807 g/mol. The smallest absolute Gasteiger partial charge is 0.744 e. The number of azo groups is 1. The van der Waals surface area contributed by atoms with E-state index in [1.165, 1.54) is 0 Å². The molecule has 0 fully saturated rings. The van der Waals surface area contributed by atoms with Gasteiger partial charge in [-0.1, -0.05) is 0 Å². The molecule has 5 aromatic rings. The summed E-state index contributed by atoms with van der Waals surface area (Å²) in [5, 5.41) is 22.4. The molecule has 5 N–H and O–H groups in total. The molecule has 0 atom stereocenters. The van der Waals surface area contributed by atoms with Gasteiger partial charge in [0, 0.05) is 23.5 Å². The van der Waals surface area contributed by atoms with Crippen molar-refractivity contribution in [3.8, 4) is 5.75 Å². The number of nitrogens with one attached hydrogen (secondary N) is 2. The molecule has 0 saturated heterocycles. The number of nitrogens with zero attached hydrogens (tertiary/aromatic N) is 6. The number of nitrogen functional groups attached to an aromatic ring is 1. The van der Waals surface area contributed by atoms with Gasteiger partial charge in [0.15, 0.2) is 0 Å². The van der Waals surface area contributed by atoms with E-state index in [0.717, 1.165) is 23.9 Å². The van der Waals surface area contributed by atoms with Crippen LogP contribution in [-0.4, -0.2) is 80.1 Å². The average molecular weight is 831 g/mol. The van der Waals surface area contributed by atoms with Crippen molar-refractivity contribution in [3.05, 3.63) is 66.7 Å². The second-order valence-electron chi connectivity index (χ2n) is 11.5. The Balaban J connectivity index is 0.00000336. The van der Waals surface area contributed by atoms with Crippen molar-refractivity contribution in [2.75, 3.05) is 37.5 Å². The molecule has 0 unspecified atom stereocenters. The Morgan fingerprint density at radius 1 is 0.722 bits per heavy atom. The van der Waals surface area contributed by atoms with Crippen LogP contribution in [0.25, 0.3) is 10.8 Å². The number of anilines is 5. The van der Waals surface area contributed by atoms with E-state index in [9.17, 15) is 48.4 Å². The fourth-order valence-electron chi connectivity index (χ4n) is 4.62.